The van der Waals surface area contributed by atoms with Gasteiger partial charge in [0.05, 0.1) is 19.1 Å². The summed E-state index contributed by atoms with van der Waals surface area (Å²) in [5, 5.41) is 0. The number of benzene rings is 1. The van der Waals surface area contributed by atoms with E-state index in [-0.39, 0.29) is 24.1 Å². The van der Waals surface area contributed by atoms with Crippen molar-refractivity contribution in [1.82, 2.24) is 15.8 Å². The van der Waals surface area contributed by atoms with Crippen LogP contribution >= 0.6 is 0 Å². The second-order valence-corrected chi connectivity index (χ2v) is 7.28. The van der Waals surface area contributed by atoms with Crippen LogP contribution < -0.4 is 15.6 Å². The first-order valence-electron chi connectivity index (χ1n) is 9.10. The second kappa shape index (κ2) is 6.78. The van der Waals surface area contributed by atoms with Gasteiger partial charge in [0, 0.05) is 0 Å². The van der Waals surface area contributed by atoms with Crippen LogP contribution in [-0.4, -0.2) is 36.0 Å². The molecular weight excluding hydrogens is 330 g/mol. The van der Waals surface area contributed by atoms with E-state index in [0.29, 0.717) is 19.5 Å². The SMILES string of the molecule is Cc1ccc(C2CC(C(=O)N3CC(Oc4c(C)cccc4C)C3)NN2)o1. The largest absolute Gasteiger partial charge is 0.486 e. The van der Waals surface area contributed by atoms with Gasteiger partial charge in [0.25, 0.3) is 0 Å². The van der Waals surface area contributed by atoms with Crippen molar-refractivity contribution in [2.45, 2.75) is 45.4 Å². The molecule has 1 aromatic heterocycles. The molecule has 1 aromatic carbocycles. The average Bonchev–Trinajstić information content (AvgIpc) is 3.21. The number of rotatable bonds is 4. The fourth-order valence-corrected chi connectivity index (χ4v) is 3.61. The van der Waals surface area contributed by atoms with Gasteiger partial charge in [0.1, 0.15) is 29.4 Å². The number of carbonyl (C=O) groups is 1. The van der Waals surface area contributed by atoms with E-state index in [2.05, 4.69) is 36.8 Å². The van der Waals surface area contributed by atoms with Crippen molar-refractivity contribution in [1.29, 1.82) is 0 Å². The van der Waals surface area contributed by atoms with Crippen LogP contribution in [0.3, 0.4) is 0 Å². The lowest BCUT2D eigenvalue weighted by atomic mass is 10.0. The van der Waals surface area contributed by atoms with E-state index in [1.54, 1.807) is 0 Å². The normalized spacial score (nSPS) is 23.1. The van der Waals surface area contributed by atoms with Crippen LogP contribution in [-0.2, 0) is 4.79 Å². The number of carbonyl (C=O) groups excluding carboxylic acids is 1. The lowest BCUT2D eigenvalue weighted by molar-refractivity contribution is -0.142. The fourth-order valence-electron chi connectivity index (χ4n) is 3.61. The zero-order chi connectivity index (χ0) is 18.3. The Bertz CT molecular complexity index is 790. The smallest absolute Gasteiger partial charge is 0.241 e. The van der Waals surface area contributed by atoms with Crippen LogP contribution in [0.15, 0.2) is 34.7 Å². The number of ether oxygens (including phenoxy) is 1. The maximum absolute atomic E-state index is 12.7. The average molecular weight is 355 g/mol. The lowest BCUT2D eigenvalue weighted by Crippen LogP contribution is -2.60. The molecule has 3 heterocycles. The van der Waals surface area contributed by atoms with Gasteiger partial charge < -0.3 is 14.1 Å². The van der Waals surface area contributed by atoms with Crippen molar-refractivity contribution < 1.29 is 13.9 Å². The Morgan fingerprint density at radius 2 is 1.85 bits per heavy atom. The van der Waals surface area contributed by atoms with Gasteiger partial charge in [-0.15, -0.1) is 0 Å². The predicted molar refractivity (Wildman–Crippen MR) is 97.8 cm³/mol. The van der Waals surface area contributed by atoms with Crippen molar-refractivity contribution in [2.24, 2.45) is 0 Å². The summed E-state index contributed by atoms with van der Waals surface area (Å²) >= 11 is 0. The number of amides is 1. The highest BCUT2D eigenvalue weighted by molar-refractivity contribution is 5.83. The molecule has 1 amide bonds. The highest BCUT2D eigenvalue weighted by atomic mass is 16.5. The van der Waals surface area contributed by atoms with Gasteiger partial charge in [0.2, 0.25) is 5.91 Å². The molecule has 2 aliphatic heterocycles. The van der Waals surface area contributed by atoms with E-state index < -0.39 is 0 Å². The Morgan fingerprint density at radius 3 is 2.50 bits per heavy atom. The first-order valence-corrected chi connectivity index (χ1v) is 9.10. The molecular formula is C20H25N3O3. The van der Waals surface area contributed by atoms with Crippen molar-refractivity contribution >= 4 is 5.91 Å². The lowest BCUT2D eigenvalue weighted by Gasteiger charge is -2.40. The Hall–Kier alpha value is -2.31. The van der Waals surface area contributed by atoms with Gasteiger partial charge in [-0.05, 0) is 50.5 Å². The van der Waals surface area contributed by atoms with E-state index >= 15 is 0 Å². The van der Waals surface area contributed by atoms with E-state index in [1.807, 2.05) is 30.0 Å². The number of aryl methyl sites for hydroxylation is 3. The van der Waals surface area contributed by atoms with E-state index in [1.165, 1.54) is 0 Å². The third kappa shape index (κ3) is 3.22. The van der Waals surface area contributed by atoms with Crippen LogP contribution in [0.5, 0.6) is 5.75 Å². The van der Waals surface area contributed by atoms with Crippen molar-refractivity contribution in [3.63, 3.8) is 0 Å². The molecule has 0 spiro atoms. The van der Waals surface area contributed by atoms with Crippen molar-refractivity contribution in [3.05, 3.63) is 53.0 Å². The highest BCUT2D eigenvalue weighted by Crippen LogP contribution is 2.28. The molecule has 2 atom stereocenters. The van der Waals surface area contributed by atoms with Gasteiger partial charge in [-0.25, -0.2) is 10.9 Å². The Labute approximate surface area is 153 Å². The second-order valence-electron chi connectivity index (χ2n) is 7.28. The zero-order valence-corrected chi connectivity index (χ0v) is 15.4. The Balaban J connectivity index is 1.30. The standard InChI is InChI=1S/C20H25N3O3/c1-12-5-4-6-13(2)19(12)26-15-10-23(11-15)20(24)17-9-16(21-22-17)18-8-7-14(3)25-18/h4-8,15-17,21-22H,9-11H2,1-3H3. The Morgan fingerprint density at radius 1 is 1.12 bits per heavy atom. The van der Waals surface area contributed by atoms with Gasteiger partial charge in [0.15, 0.2) is 0 Å². The molecule has 6 heteroatoms. The minimum absolute atomic E-state index is 0.0283. The molecule has 2 aliphatic rings. The van der Waals surface area contributed by atoms with Gasteiger partial charge in [-0.1, -0.05) is 18.2 Å². The molecule has 2 unspecified atom stereocenters. The molecule has 4 rings (SSSR count). The zero-order valence-electron chi connectivity index (χ0n) is 15.4. The molecule has 2 N–H and O–H groups in total. The number of hydrazine groups is 1. The summed E-state index contributed by atoms with van der Waals surface area (Å²) in [6.45, 7) is 7.29. The molecule has 0 bridgehead atoms. The van der Waals surface area contributed by atoms with E-state index in [4.69, 9.17) is 9.15 Å². The maximum atomic E-state index is 12.7. The van der Waals surface area contributed by atoms with Gasteiger partial charge in [-0.3, -0.25) is 4.79 Å². The quantitative estimate of drug-likeness (QED) is 0.882. The summed E-state index contributed by atoms with van der Waals surface area (Å²) in [6.07, 6.45) is 0.752. The maximum Gasteiger partial charge on any atom is 0.241 e. The number of hydrogen-bond donors (Lipinski definition) is 2. The monoisotopic (exact) mass is 355 g/mol. The molecule has 0 saturated carbocycles. The third-order valence-corrected chi connectivity index (χ3v) is 5.16. The van der Waals surface area contributed by atoms with Crippen LogP contribution in [0.25, 0.3) is 0 Å². The highest BCUT2D eigenvalue weighted by Gasteiger charge is 2.39. The van der Waals surface area contributed by atoms with Crippen molar-refractivity contribution in [2.75, 3.05) is 13.1 Å². The van der Waals surface area contributed by atoms with Crippen molar-refractivity contribution in [3.8, 4) is 5.75 Å². The summed E-state index contributed by atoms with van der Waals surface area (Å²) in [4.78, 5) is 14.5. The molecule has 2 fully saturated rings. The van der Waals surface area contributed by atoms with Crippen LogP contribution in [0, 0.1) is 20.8 Å². The molecule has 2 saturated heterocycles. The first-order chi connectivity index (χ1) is 12.5. The van der Waals surface area contributed by atoms with Crippen LogP contribution in [0.1, 0.15) is 35.1 Å². The minimum atomic E-state index is -0.230. The molecule has 26 heavy (non-hydrogen) atoms. The predicted octanol–water partition coefficient (Wildman–Crippen LogP) is 2.40. The van der Waals surface area contributed by atoms with E-state index in [0.717, 1.165) is 28.4 Å². The van der Waals surface area contributed by atoms with Gasteiger partial charge >= 0.3 is 0 Å². The number of furan rings is 1. The summed E-state index contributed by atoms with van der Waals surface area (Å²) < 4.78 is 11.8. The summed E-state index contributed by atoms with van der Waals surface area (Å²) in [7, 11) is 0. The number of hydrogen-bond acceptors (Lipinski definition) is 5. The van der Waals surface area contributed by atoms with Gasteiger partial charge in [-0.2, -0.15) is 0 Å². The summed E-state index contributed by atoms with van der Waals surface area (Å²) in [5.41, 5.74) is 8.53. The summed E-state index contributed by atoms with van der Waals surface area (Å²) in [5.74, 6) is 2.80. The number of para-hydroxylation sites is 1. The molecule has 2 aromatic rings. The number of likely N-dealkylation sites (tertiary alicyclic amines) is 1. The third-order valence-electron chi connectivity index (χ3n) is 5.16. The number of nitrogens with one attached hydrogen (secondary N) is 2. The molecule has 0 aliphatic carbocycles. The topological polar surface area (TPSA) is 66.7 Å². The Kier molecular flexibility index (Phi) is 4.46. The molecule has 6 nitrogen and oxygen atoms in total. The molecule has 0 radical (unpaired) electrons. The minimum Gasteiger partial charge on any atom is -0.486 e. The first kappa shape index (κ1) is 17.1. The number of nitrogens with zero attached hydrogens (tertiary/aromatic N) is 1. The van der Waals surface area contributed by atoms with E-state index in [9.17, 15) is 4.79 Å². The van der Waals surface area contributed by atoms with Crippen LogP contribution in [0.2, 0.25) is 0 Å². The summed E-state index contributed by atoms with van der Waals surface area (Å²) in [6, 6.07) is 9.83. The fraction of sp³-hybridized carbons (Fsp3) is 0.450. The van der Waals surface area contributed by atoms with Crippen LogP contribution in [0.4, 0.5) is 0 Å². The molecule has 138 valence electrons.